The first kappa shape index (κ1) is 12.9. The Kier molecular flexibility index (Phi) is 3.76. The maximum absolute atomic E-state index is 12.2. The highest BCUT2D eigenvalue weighted by Gasteiger charge is 2.37. The van der Waals surface area contributed by atoms with E-state index >= 15 is 0 Å². The van der Waals surface area contributed by atoms with Crippen molar-refractivity contribution in [1.29, 1.82) is 0 Å². The zero-order valence-corrected chi connectivity index (χ0v) is 11.5. The number of rotatable bonds is 3. The molecule has 1 aliphatic heterocycles. The zero-order valence-electron chi connectivity index (χ0n) is 11.5. The van der Waals surface area contributed by atoms with Crippen LogP contribution >= 0.6 is 0 Å². The third-order valence-electron chi connectivity index (χ3n) is 4.42. The molecule has 1 N–H and O–H groups in total. The fourth-order valence-corrected chi connectivity index (χ4v) is 3.09. The average molecular weight is 238 g/mol. The van der Waals surface area contributed by atoms with E-state index < -0.39 is 0 Å². The lowest BCUT2D eigenvalue weighted by Gasteiger charge is -2.38. The van der Waals surface area contributed by atoms with Crippen LogP contribution in [0.25, 0.3) is 0 Å². The zero-order chi connectivity index (χ0) is 12.5. The predicted molar refractivity (Wildman–Crippen MR) is 69.6 cm³/mol. The van der Waals surface area contributed by atoms with Crippen LogP contribution in [0.5, 0.6) is 0 Å². The van der Waals surface area contributed by atoms with Gasteiger partial charge in [0.15, 0.2) is 0 Å². The number of nitrogens with one attached hydrogen (secondary N) is 1. The molecule has 1 unspecified atom stereocenters. The number of hydrogen-bond acceptors (Lipinski definition) is 2. The summed E-state index contributed by atoms with van der Waals surface area (Å²) in [7, 11) is 0. The average Bonchev–Trinajstić information content (AvgIpc) is 2.62. The highest BCUT2D eigenvalue weighted by molar-refractivity contribution is 5.84. The third-order valence-corrected chi connectivity index (χ3v) is 4.42. The first-order valence-electron chi connectivity index (χ1n) is 7.07. The molecule has 2 rings (SSSR count). The molecule has 98 valence electrons. The van der Waals surface area contributed by atoms with Gasteiger partial charge in [-0.1, -0.05) is 27.2 Å². The summed E-state index contributed by atoms with van der Waals surface area (Å²) in [6, 6.07) is 0.583. The van der Waals surface area contributed by atoms with E-state index in [9.17, 15) is 4.79 Å². The van der Waals surface area contributed by atoms with E-state index in [1.54, 1.807) is 0 Å². The van der Waals surface area contributed by atoms with Crippen molar-refractivity contribution in [1.82, 2.24) is 10.2 Å². The molecule has 1 aliphatic carbocycles. The molecule has 0 aromatic heterocycles. The summed E-state index contributed by atoms with van der Waals surface area (Å²) in [6.45, 7) is 7.59. The summed E-state index contributed by atoms with van der Waals surface area (Å²) in [5.74, 6) is 0.344. The molecule has 2 fully saturated rings. The second-order valence-corrected chi connectivity index (χ2v) is 6.41. The minimum Gasteiger partial charge on any atom is -0.326 e. The van der Waals surface area contributed by atoms with Crippen LogP contribution in [0.1, 0.15) is 59.3 Å². The Labute approximate surface area is 105 Å². The second-order valence-electron chi connectivity index (χ2n) is 6.41. The Hall–Kier alpha value is -0.570. The van der Waals surface area contributed by atoms with Gasteiger partial charge in [0, 0.05) is 6.04 Å². The molecular formula is C14H26N2O. The molecule has 1 saturated heterocycles. The van der Waals surface area contributed by atoms with Gasteiger partial charge < -0.3 is 4.90 Å². The summed E-state index contributed by atoms with van der Waals surface area (Å²) in [6.07, 6.45) is 6.92. The quantitative estimate of drug-likeness (QED) is 0.819. The van der Waals surface area contributed by atoms with Gasteiger partial charge in [-0.05, 0) is 37.5 Å². The molecule has 0 aromatic rings. The molecule has 0 bridgehead atoms. The minimum absolute atomic E-state index is 0.0925. The fraction of sp³-hybridized carbons (Fsp3) is 0.929. The van der Waals surface area contributed by atoms with Gasteiger partial charge in [-0.25, -0.2) is 0 Å². The molecule has 3 nitrogen and oxygen atoms in total. The maximum atomic E-state index is 12.2. The van der Waals surface area contributed by atoms with Crippen molar-refractivity contribution in [2.75, 3.05) is 6.67 Å². The molecule has 1 amide bonds. The van der Waals surface area contributed by atoms with Crippen LogP contribution in [0.3, 0.4) is 0 Å². The molecule has 0 aromatic carbocycles. The summed E-state index contributed by atoms with van der Waals surface area (Å²) < 4.78 is 0. The van der Waals surface area contributed by atoms with Crippen LogP contribution in [0.2, 0.25) is 0 Å². The summed E-state index contributed by atoms with van der Waals surface area (Å²) in [5, 5.41) is 3.35. The molecular weight excluding hydrogens is 212 g/mol. The predicted octanol–water partition coefficient (Wildman–Crippen LogP) is 2.51. The van der Waals surface area contributed by atoms with E-state index in [-0.39, 0.29) is 6.04 Å². The van der Waals surface area contributed by atoms with E-state index in [1.165, 1.54) is 25.7 Å². The largest absolute Gasteiger partial charge is 0.326 e. The summed E-state index contributed by atoms with van der Waals surface area (Å²) in [4.78, 5) is 14.3. The number of carbonyl (C=O) groups excluding carboxylic acids is 1. The Morgan fingerprint density at radius 2 is 2.00 bits per heavy atom. The lowest BCUT2D eigenvalue weighted by atomic mass is 9.75. The molecule has 1 saturated carbocycles. The SMILES string of the molecule is CCCC1NCN(C2CCC(C)(C)CC2)C1=O. The number of nitrogens with zero attached hydrogens (tertiary/aromatic N) is 1. The van der Waals surface area contributed by atoms with Crippen LogP contribution in [0.4, 0.5) is 0 Å². The van der Waals surface area contributed by atoms with E-state index in [0.29, 0.717) is 17.4 Å². The lowest BCUT2D eigenvalue weighted by molar-refractivity contribution is -0.131. The second kappa shape index (κ2) is 4.97. The van der Waals surface area contributed by atoms with Gasteiger partial charge in [-0.3, -0.25) is 10.1 Å². The summed E-state index contributed by atoms with van der Waals surface area (Å²) >= 11 is 0. The van der Waals surface area contributed by atoms with Crippen molar-refractivity contribution in [2.45, 2.75) is 71.4 Å². The number of carbonyl (C=O) groups is 1. The lowest BCUT2D eigenvalue weighted by Crippen LogP contribution is -2.42. The van der Waals surface area contributed by atoms with Crippen LogP contribution in [0, 0.1) is 5.41 Å². The Balaban J connectivity index is 1.90. The Bertz CT molecular complexity index is 278. The van der Waals surface area contributed by atoms with Crippen molar-refractivity contribution in [3.8, 4) is 0 Å². The van der Waals surface area contributed by atoms with E-state index in [1.807, 2.05) is 0 Å². The van der Waals surface area contributed by atoms with Crippen LogP contribution in [0.15, 0.2) is 0 Å². The van der Waals surface area contributed by atoms with Gasteiger partial charge >= 0.3 is 0 Å². The minimum atomic E-state index is 0.0925. The molecule has 1 heterocycles. The van der Waals surface area contributed by atoms with Gasteiger partial charge in [0.2, 0.25) is 5.91 Å². The van der Waals surface area contributed by atoms with E-state index in [2.05, 4.69) is 31.0 Å². The van der Waals surface area contributed by atoms with Crippen molar-refractivity contribution >= 4 is 5.91 Å². The van der Waals surface area contributed by atoms with Gasteiger partial charge in [-0.2, -0.15) is 0 Å². The normalized spacial score (nSPS) is 29.9. The first-order chi connectivity index (χ1) is 8.03. The molecule has 0 radical (unpaired) electrons. The third kappa shape index (κ3) is 2.82. The van der Waals surface area contributed by atoms with Crippen LogP contribution < -0.4 is 5.32 Å². The maximum Gasteiger partial charge on any atom is 0.241 e. The summed E-state index contributed by atoms with van der Waals surface area (Å²) in [5.41, 5.74) is 0.482. The number of amides is 1. The van der Waals surface area contributed by atoms with Crippen molar-refractivity contribution in [2.24, 2.45) is 5.41 Å². The van der Waals surface area contributed by atoms with Crippen molar-refractivity contribution < 1.29 is 4.79 Å². The molecule has 0 spiro atoms. The molecule has 17 heavy (non-hydrogen) atoms. The van der Waals surface area contributed by atoms with Gasteiger partial charge in [0.25, 0.3) is 0 Å². The topological polar surface area (TPSA) is 32.3 Å². The highest BCUT2D eigenvalue weighted by atomic mass is 16.2. The number of hydrogen-bond donors (Lipinski definition) is 1. The highest BCUT2D eigenvalue weighted by Crippen LogP contribution is 2.37. The monoisotopic (exact) mass is 238 g/mol. The van der Waals surface area contributed by atoms with E-state index in [4.69, 9.17) is 0 Å². The van der Waals surface area contributed by atoms with Gasteiger partial charge in [0.05, 0.1) is 12.7 Å². The molecule has 3 heteroatoms. The van der Waals surface area contributed by atoms with Crippen LogP contribution in [-0.2, 0) is 4.79 Å². The van der Waals surface area contributed by atoms with Crippen molar-refractivity contribution in [3.05, 3.63) is 0 Å². The van der Waals surface area contributed by atoms with Crippen LogP contribution in [-0.4, -0.2) is 29.6 Å². The van der Waals surface area contributed by atoms with E-state index in [0.717, 1.165) is 19.5 Å². The molecule has 2 aliphatic rings. The van der Waals surface area contributed by atoms with Gasteiger partial charge in [-0.15, -0.1) is 0 Å². The first-order valence-corrected chi connectivity index (χ1v) is 7.07. The molecule has 1 atom stereocenters. The fourth-order valence-electron chi connectivity index (χ4n) is 3.09. The standard InChI is InChI=1S/C14H26N2O/c1-4-5-12-13(17)16(10-15-12)11-6-8-14(2,3)9-7-11/h11-12,15H,4-10H2,1-3H3. The Morgan fingerprint density at radius 1 is 1.35 bits per heavy atom. The Morgan fingerprint density at radius 3 is 2.59 bits per heavy atom. The van der Waals surface area contributed by atoms with Gasteiger partial charge in [0.1, 0.15) is 0 Å². The van der Waals surface area contributed by atoms with Crippen molar-refractivity contribution in [3.63, 3.8) is 0 Å². The smallest absolute Gasteiger partial charge is 0.241 e.